The molecule has 1 amide bonds. The van der Waals surface area contributed by atoms with E-state index in [0.29, 0.717) is 12.1 Å². The second-order valence-electron chi connectivity index (χ2n) is 5.09. The molecule has 104 valence electrons. The smallest absolute Gasteiger partial charge is 0.253 e. The van der Waals surface area contributed by atoms with Crippen molar-refractivity contribution in [3.05, 3.63) is 70.5 Å². The number of aryl methyl sites for hydroxylation is 2. The Balaban J connectivity index is 2.11. The zero-order valence-corrected chi connectivity index (χ0v) is 12.0. The van der Waals surface area contributed by atoms with E-state index >= 15 is 0 Å². The van der Waals surface area contributed by atoms with Crippen molar-refractivity contribution in [1.82, 2.24) is 4.90 Å². The summed E-state index contributed by atoms with van der Waals surface area (Å²) in [5.74, 6) is -0.297. The van der Waals surface area contributed by atoms with Gasteiger partial charge in [-0.25, -0.2) is 4.39 Å². The predicted molar refractivity (Wildman–Crippen MR) is 78.1 cm³/mol. The Morgan fingerprint density at radius 3 is 2.30 bits per heavy atom. The molecule has 2 rings (SSSR count). The van der Waals surface area contributed by atoms with Gasteiger partial charge in [-0.1, -0.05) is 18.2 Å². The lowest BCUT2D eigenvalue weighted by molar-refractivity contribution is 0.0785. The molecule has 0 aromatic heterocycles. The minimum absolute atomic E-state index is 0.0302. The van der Waals surface area contributed by atoms with Crippen LogP contribution in [0.25, 0.3) is 0 Å². The standard InChI is InChI=1S/C17H18FNO/c1-12-4-7-15(10-13(12)2)17(20)19(3)11-14-5-8-16(18)9-6-14/h4-10H,11H2,1-3H3. The van der Waals surface area contributed by atoms with Crippen molar-refractivity contribution in [1.29, 1.82) is 0 Å². The van der Waals surface area contributed by atoms with Crippen LogP contribution in [0.15, 0.2) is 42.5 Å². The largest absolute Gasteiger partial charge is 0.337 e. The number of amides is 1. The highest BCUT2D eigenvalue weighted by Gasteiger charge is 2.12. The Hall–Kier alpha value is -2.16. The van der Waals surface area contributed by atoms with E-state index in [4.69, 9.17) is 0 Å². The number of hydrogen-bond donors (Lipinski definition) is 0. The molecule has 0 aliphatic rings. The van der Waals surface area contributed by atoms with E-state index in [0.717, 1.165) is 11.1 Å². The molecular weight excluding hydrogens is 253 g/mol. The highest BCUT2D eigenvalue weighted by atomic mass is 19.1. The summed E-state index contributed by atoms with van der Waals surface area (Å²) in [6.45, 7) is 4.48. The van der Waals surface area contributed by atoms with Crippen LogP contribution in [0, 0.1) is 19.7 Å². The van der Waals surface area contributed by atoms with E-state index in [1.54, 1.807) is 24.1 Å². The average molecular weight is 271 g/mol. The van der Waals surface area contributed by atoms with Gasteiger partial charge >= 0.3 is 0 Å². The summed E-state index contributed by atoms with van der Waals surface area (Å²) in [4.78, 5) is 14.0. The molecule has 0 saturated heterocycles. The number of benzene rings is 2. The highest BCUT2D eigenvalue weighted by molar-refractivity contribution is 5.94. The van der Waals surface area contributed by atoms with Gasteiger partial charge in [-0.2, -0.15) is 0 Å². The van der Waals surface area contributed by atoms with Crippen molar-refractivity contribution < 1.29 is 9.18 Å². The summed E-state index contributed by atoms with van der Waals surface area (Å²) in [7, 11) is 1.75. The van der Waals surface area contributed by atoms with E-state index < -0.39 is 0 Å². The molecule has 0 N–H and O–H groups in total. The zero-order valence-electron chi connectivity index (χ0n) is 12.0. The van der Waals surface area contributed by atoms with Crippen LogP contribution in [0.1, 0.15) is 27.0 Å². The van der Waals surface area contributed by atoms with E-state index in [1.807, 2.05) is 32.0 Å². The van der Waals surface area contributed by atoms with Crippen LogP contribution in [0.2, 0.25) is 0 Å². The quantitative estimate of drug-likeness (QED) is 0.833. The van der Waals surface area contributed by atoms with Crippen LogP contribution in [-0.2, 0) is 6.54 Å². The lowest BCUT2D eigenvalue weighted by Crippen LogP contribution is -2.26. The molecule has 3 heteroatoms. The maximum Gasteiger partial charge on any atom is 0.253 e. The van der Waals surface area contributed by atoms with Gasteiger partial charge in [0, 0.05) is 19.2 Å². The molecule has 0 bridgehead atoms. The van der Waals surface area contributed by atoms with Crippen molar-refractivity contribution in [2.75, 3.05) is 7.05 Å². The summed E-state index contributed by atoms with van der Waals surface area (Å²) in [5, 5.41) is 0. The molecule has 2 aromatic rings. The zero-order chi connectivity index (χ0) is 14.7. The van der Waals surface area contributed by atoms with Crippen LogP contribution in [0.4, 0.5) is 4.39 Å². The Morgan fingerprint density at radius 2 is 1.70 bits per heavy atom. The predicted octanol–water partition coefficient (Wildman–Crippen LogP) is 3.71. The first-order valence-electron chi connectivity index (χ1n) is 6.54. The molecule has 0 radical (unpaired) electrons. The fourth-order valence-corrected chi connectivity index (χ4v) is 2.03. The monoisotopic (exact) mass is 271 g/mol. The normalized spacial score (nSPS) is 10.4. The third kappa shape index (κ3) is 3.23. The Morgan fingerprint density at radius 1 is 1.05 bits per heavy atom. The van der Waals surface area contributed by atoms with Gasteiger partial charge in [0.25, 0.3) is 5.91 Å². The van der Waals surface area contributed by atoms with Gasteiger partial charge in [-0.15, -0.1) is 0 Å². The summed E-state index contributed by atoms with van der Waals surface area (Å²) in [5.41, 5.74) is 3.86. The molecule has 0 fully saturated rings. The summed E-state index contributed by atoms with van der Waals surface area (Å²) >= 11 is 0. The molecule has 2 nitrogen and oxygen atoms in total. The Kier molecular flexibility index (Phi) is 4.18. The highest BCUT2D eigenvalue weighted by Crippen LogP contribution is 2.13. The van der Waals surface area contributed by atoms with E-state index in [2.05, 4.69) is 0 Å². The van der Waals surface area contributed by atoms with Gasteiger partial charge in [0.1, 0.15) is 5.82 Å². The van der Waals surface area contributed by atoms with Crippen molar-refractivity contribution in [3.8, 4) is 0 Å². The van der Waals surface area contributed by atoms with Gasteiger partial charge in [0.15, 0.2) is 0 Å². The first kappa shape index (κ1) is 14.3. The van der Waals surface area contributed by atoms with Crippen LogP contribution < -0.4 is 0 Å². The molecule has 20 heavy (non-hydrogen) atoms. The summed E-state index contributed by atoms with van der Waals surface area (Å²) in [6.07, 6.45) is 0. The summed E-state index contributed by atoms with van der Waals surface area (Å²) < 4.78 is 12.8. The van der Waals surface area contributed by atoms with Crippen molar-refractivity contribution in [2.24, 2.45) is 0 Å². The topological polar surface area (TPSA) is 20.3 Å². The molecule has 0 aliphatic carbocycles. The van der Waals surface area contributed by atoms with E-state index in [9.17, 15) is 9.18 Å². The molecule has 0 spiro atoms. The minimum Gasteiger partial charge on any atom is -0.337 e. The Bertz CT molecular complexity index is 619. The van der Waals surface area contributed by atoms with Crippen LogP contribution in [0.3, 0.4) is 0 Å². The number of hydrogen-bond acceptors (Lipinski definition) is 1. The van der Waals surface area contributed by atoms with Crippen molar-refractivity contribution in [2.45, 2.75) is 20.4 Å². The molecular formula is C17H18FNO. The lowest BCUT2D eigenvalue weighted by atomic mass is 10.1. The summed E-state index contributed by atoms with van der Waals surface area (Å²) in [6, 6.07) is 11.9. The molecule has 2 aromatic carbocycles. The van der Waals surface area contributed by atoms with Crippen molar-refractivity contribution >= 4 is 5.91 Å². The third-order valence-electron chi connectivity index (χ3n) is 3.43. The van der Waals surface area contributed by atoms with Gasteiger partial charge < -0.3 is 4.90 Å². The van der Waals surface area contributed by atoms with Gasteiger partial charge in [-0.3, -0.25) is 4.79 Å². The van der Waals surface area contributed by atoms with Gasteiger partial charge in [0.05, 0.1) is 0 Å². The third-order valence-corrected chi connectivity index (χ3v) is 3.43. The SMILES string of the molecule is Cc1ccc(C(=O)N(C)Cc2ccc(F)cc2)cc1C. The first-order chi connectivity index (χ1) is 9.47. The van der Waals surface area contributed by atoms with Gasteiger partial charge in [-0.05, 0) is 54.8 Å². The van der Waals surface area contributed by atoms with Crippen LogP contribution in [0.5, 0.6) is 0 Å². The molecule has 0 saturated carbocycles. The number of carbonyl (C=O) groups excluding carboxylic acids is 1. The maximum atomic E-state index is 12.8. The molecule has 0 heterocycles. The van der Waals surface area contributed by atoms with Crippen LogP contribution >= 0.6 is 0 Å². The molecule has 0 unspecified atom stereocenters. The minimum atomic E-state index is -0.267. The first-order valence-corrected chi connectivity index (χ1v) is 6.54. The number of rotatable bonds is 3. The maximum absolute atomic E-state index is 12.8. The lowest BCUT2D eigenvalue weighted by Gasteiger charge is -2.18. The van der Waals surface area contributed by atoms with Crippen LogP contribution in [-0.4, -0.2) is 17.9 Å². The molecule has 0 aliphatic heterocycles. The van der Waals surface area contributed by atoms with Gasteiger partial charge in [0.2, 0.25) is 0 Å². The van der Waals surface area contributed by atoms with Crippen molar-refractivity contribution in [3.63, 3.8) is 0 Å². The fraction of sp³-hybridized carbons (Fsp3) is 0.235. The number of nitrogens with zero attached hydrogens (tertiary/aromatic N) is 1. The second-order valence-corrected chi connectivity index (χ2v) is 5.09. The number of halogens is 1. The second kappa shape index (κ2) is 5.87. The molecule has 0 atom stereocenters. The fourth-order valence-electron chi connectivity index (χ4n) is 2.03. The Labute approximate surface area is 118 Å². The average Bonchev–Trinajstić information content (AvgIpc) is 2.43. The number of carbonyl (C=O) groups is 1. The van der Waals surface area contributed by atoms with E-state index in [-0.39, 0.29) is 11.7 Å². The van der Waals surface area contributed by atoms with E-state index in [1.165, 1.54) is 17.7 Å².